The largest absolute Gasteiger partial charge is 0.465 e. The third-order valence-corrected chi connectivity index (χ3v) is 4.04. The van der Waals surface area contributed by atoms with Crippen LogP contribution in [-0.2, 0) is 19.1 Å². The van der Waals surface area contributed by atoms with E-state index in [0.29, 0.717) is 11.3 Å². The summed E-state index contributed by atoms with van der Waals surface area (Å²) in [5.74, 6) is -1.25. The molecular formula is C18H17NO5S. The van der Waals surface area contributed by atoms with Crippen molar-refractivity contribution in [3.05, 3.63) is 60.2 Å². The van der Waals surface area contributed by atoms with E-state index in [1.54, 1.807) is 12.1 Å². The summed E-state index contributed by atoms with van der Waals surface area (Å²) in [5.41, 5.74) is 0.872. The third-order valence-electron chi connectivity index (χ3n) is 3.05. The highest BCUT2D eigenvalue weighted by Gasteiger charge is 2.09. The molecule has 7 heteroatoms. The van der Waals surface area contributed by atoms with Crippen LogP contribution in [0.3, 0.4) is 0 Å². The molecule has 6 nitrogen and oxygen atoms in total. The summed E-state index contributed by atoms with van der Waals surface area (Å²) in [6.45, 7) is -0.368. The van der Waals surface area contributed by atoms with E-state index in [1.165, 1.54) is 31.0 Å². The van der Waals surface area contributed by atoms with E-state index in [9.17, 15) is 14.4 Å². The lowest BCUT2D eigenvalue weighted by molar-refractivity contribution is -0.144. The van der Waals surface area contributed by atoms with Crippen molar-refractivity contribution in [1.82, 2.24) is 0 Å². The first kappa shape index (κ1) is 18.5. The van der Waals surface area contributed by atoms with Crippen LogP contribution in [0.15, 0.2) is 59.5 Å². The van der Waals surface area contributed by atoms with Gasteiger partial charge in [0.2, 0.25) is 0 Å². The first-order chi connectivity index (χ1) is 12.1. The Kier molecular flexibility index (Phi) is 7.03. The van der Waals surface area contributed by atoms with Crippen LogP contribution in [0.1, 0.15) is 10.4 Å². The molecule has 0 radical (unpaired) electrons. The molecule has 0 aromatic heterocycles. The number of carbonyl (C=O) groups excluding carboxylic acids is 3. The molecule has 0 spiro atoms. The molecule has 0 saturated carbocycles. The van der Waals surface area contributed by atoms with E-state index in [0.717, 1.165) is 4.90 Å². The van der Waals surface area contributed by atoms with Gasteiger partial charge in [-0.15, -0.1) is 11.8 Å². The fourth-order valence-corrected chi connectivity index (χ4v) is 2.57. The Morgan fingerprint density at radius 1 is 1.00 bits per heavy atom. The lowest BCUT2D eigenvalue weighted by atomic mass is 10.2. The smallest absolute Gasteiger partial charge is 0.337 e. The molecule has 2 aromatic carbocycles. The number of amides is 1. The number of ether oxygens (including phenoxy) is 2. The van der Waals surface area contributed by atoms with Crippen LogP contribution >= 0.6 is 11.8 Å². The summed E-state index contributed by atoms with van der Waals surface area (Å²) in [5, 5.41) is 2.58. The van der Waals surface area contributed by atoms with Crippen molar-refractivity contribution in [2.45, 2.75) is 4.90 Å². The number of anilines is 1. The van der Waals surface area contributed by atoms with Crippen LogP contribution in [0, 0.1) is 0 Å². The van der Waals surface area contributed by atoms with Crippen LogP contribution in [0.25, 0.3) is 0 Å². The monoisotopic (exact) mass is 359 g/mol. The quantitative estimate of drug-likeness (QED) is 0.605. The Hall–Kier alpha value is -2.80. The second-order valence-electron chi connectivity index (χ2n) is 4.88. The van der Waals surface area contributed by atoms with E-state index in [2.05, 4.69) is 10.1 Å². The number of carbonyl (C=O) groups is 3. The summed E-state index contributed by atoms with van der Waals surface area (Å²) in [7, 11) is 1.29. The van der Waals surface area contributed by atoms with Crippen LogP contribution in [0.2, 0.25) is 0 Å². The molecule has 0 bridgehead atoms. The molecule has 2 rings (SSSR count). The predicted molar refractivity (Wildman–Crippen MR) is 94.5 cm³/mol. The molecule has 0 unspecified atom stereocenters. The fourth-order valence-electron chi connectivity index (χ4n) is 1.85. The van der Waals surface area contributed by atoms with Crippen molar-refractivity contribution in [2.75, 3.05) is 24.8 Å². The van der Waals surface area contributed by atoms with Crippen molar-refractivity contribution >= 4 is 35.3 Å². The number of hydrogen-bond donors (Lipinski definition) is 1. The van der Waals surface area contributed by atoms with Gasteiger partial charge in [0.1, 0.15) is 0 Å². The topological polar surface area (TPSA) is 81.7 Å². The second-order valence-corrected chi connectivity index (χ2v) is 5.93. The minimum Gasteiger partial charge on any atom is -0.465 e. The number of benzene rings is 2. The molecule has 0 saturated heterocycles. The second kappa shape index (κ2) is 9.48. The summed E-state index contributed by atoms with van der Waals surface area (Å²) < 4.78 is 9.52. The molecular weight excluding hydrogens is 342 g/mol. The van der Waals surface area contributed by atoms with Crippen molar-refractivity contribution in [1.29, 1.82) is 0 Å². The predicted octanol–water partition coefficient (Wildman–Crippen LogP) is 2.75. The molecule has 0 heterocycles. The fraction of sp³-hybridized carbons (Fsp3) is 0.167. The summed E-state index contributed by atoms with van der Waals surface area (Å²) in [6, 6.07) is 15.6. The highest BCUT2D eigenvalue weighted by molar-refractivity contribution is 8.00. The third kappa shape index (κ3) is 6.31. The van der Waals surface area contributed by atoms with Crippen LogP contribution in [0.5, 0.6) is 0 Å². The zero-order valence-electron chi connectivity index (χ0n) is 13.6. The number of thioether (sulfide) groups is 1. The highest BCUT2D eigenvalue weighted by Crippen LogP contribution is 2.16. The average molecular weight is 359 g/mol. The Balaban J connectivity index is 1.73. The maximum Gasteiger partial charge on any atom is 0.337 e. The van der Waals surface area contributed by atoms with Crippen LogP contribution in [0.4, 0.5) is 5.69 Å². The molecule has 25 heavy (non-hydrogen) atoms. The minimum atomic E-state index is -0.468. The summed E-state index contributed by atoms with van der Waals surface area (Å²) >= 11 is 1.34. The normalized spacial score (nSPS) is 9.96. The van der Waals surface area contributed by atoms with E-state index in [-0.39, 0.29) is 12.4 Å². The number of nitrogens with one attached hydrogen (secondary N) is 1. The van der Waals surface area contributed by atoms with E-state index in [1.807, 2.05) is 30.3 Å². The van der Waals surface area contributed by atoms with Crippen molar-refractivity contribution in [3.8, 4) is 0 Å². The molecule has 0 aliphatic rings. The lowest BCUT2D eigenvalue weighted by Gasteiger charge is -2.07. The van der Waals surface area contributed by atoms with Crippen LogP contribution < -0.4 is 5.32 Å². The average Bonchev–Trinajstić information content (AvgIpc) is 2.65. The molecule has 0 fully saturated rings. The minimum absolute atomic E-state index is 0.130. The summed E-state index contributed by atoms with van der Waals surface area (Å²) in [6.07, 6.45) is 0. The van der Waals surface area contributed by atoms with E-state index < -0.39 is 17.8 Å². The number of esters is 2. The highest BCUT2D eigenvalue weighted by atomic mass is 32.2. The van der Waals surface area contributed by atoms with Crippen molar-refractivity contribution in [2.24, 2.45) is 0 Å². The number of rotatable bonds is 7. The zero-order chi connectivity index (χ0) is 18.1. The van der Waals surface area contributed by atoms with Gasteiger partial charge in [-0.2, -0.15) is 0 Å². The van der Waals surface area contributed by atoms with Gasteiger partial charge < -0.3 is 14.8 Å². The zero-order valence-corrected chi connectivity index (χ0v) is 14.4. The molecule has 0 atom stereocenters. The molecule has 1 N–H and O–H groups in total. The van der Waals surface area contributed by atoms with E-state index in [4.69, 9.17) is 4.74 Å². The molecule has 2 aromatic rings. The maximum absolute atomic E-state index is 11.8. The molecule has 130 valence electrons. The van der Waals surface area contributed by atoms with Gasteiger partial charge >= 0.3 is 11.9 Å². The standard InChI is InChI=1S/C18H17NO5S/c1-23-18(22)13-7-9-14(10-8-13)19-16(20)11-24-17(21)12-25-15-5-3-2-4-6-15/h2-10H,11-12H2,1H3,(H,19,20). The van der Waals surface area contributed by atoms with Gasteiger partial charge in [0, 0.05) is 10.6 Å². The Morgan fingerprint density at radius 2 is 1.68 bits per heavy atom. The maximum atomic E-state index is 11.8. The van der Waals surface area contributed by atoms with Gasteiger partial charge in [-0.25, -0.2) is 4.79 Å². The van der Waals surface area contributed by atoms with Gasteiger partial charge in [0.25, 0.3) is 5.91 Å². The molecule has 0 aliphatic heterocycles. The van der Waals surface area contributed by atoms with Gasteiger partial charge in [-0.05, 0) is 36.4 Å². The van der Waals surface area contributed by atoms with Gasteiger partial charge in [0.15, 0.2) is 6.61 Å². The molecule has 0 aliphatic carbocycles. The SMILES string of the molecule is COC(=O)c1ccc(NC(=O)COC(=O)CSc2ccccc2)cc1. The van der Waals surface area contributed by atoms with Crippen molar-refractivity contribution < 1.29 is 23.9 Å². The Morgan fingerprint density at radius 3 is 2.32 bits per heavy atom. The lowest BCUT2D eigenvalue weighted by Crippen LogP contribution is -2.21. The first-order valence-corrected chi connectivity index (χ1v) is 8.39. The first-order valence-electron chi connectivity index (χ1n) is 7.40. The summed E-state index contributed by atoms with van der Waals surface area (Å²) in [4.78, 5) is 35.7. The Bertz CT molecular complexity index is 731. The van der Waals surface area contributed by atoms with Crippen molar-refractivity contribution in [3.63, 3.8) is 0 Å². The van der Waals surface area contributed by atoms with Gasteiger partial charge in [0.05, 0.1) is 18.4 Å². The molecule has 1 amide bonds. The van der Waals surface area contributed by atoms with E-state index >= 15 is 0 Å². The number of methoxy groups -OCH3 is 1. The van der Waals surface area contributed by atoms with Gasteiger partial charge in [-0.1, -0.05) is 18.2 Å². The Labute approximate surface area is 149 Å². The van der Waals surface area contributed by atoms with Crippen LogP contribution in [-0.4, -0.2) is 37.3 Å². The van der Waals surface area contributed by atoms with Gasteiger partial charge in [-0.3, -0.25) is 9.59 Å². The number of hydrogen-bond acceptors (Lipinski definition) is 6.